The Balaban J connectivity index is 1.07. The molecule has 2 fully saturated rings. The van der Waals surface area contributed by atoms with Crippen molar-refractivity contribution >= 4 is 44.7 Å². The zero-order chi connectivity index (χ0) is 23.7. The molecule has 0 bridgehead atoms. The summed E-state index contributed by atoms with van der Waals surface area (Å²) in [5, 5.41) is 12.2. The minimum absolute atomic E-state index is 0.0737. The molecule has 0 saturated carbocycles. The second-order valence-corrected chi connectivity index (χ2v) is 10.6. The van der Waals surface area contributed by atoms with E-state index in [0.717, 1.165) is 65.8 Å². The number of piperazine rings is 1. The second-order valence-electron chi connectivity index (χ2n) is 8.93. The molecule has 5 rings (SSSR count). The monoisotopic (exact) mass is 500 g/mol. The van der Waals surface area contributed by atoms with Crippen molar-refractivity contribution in [3.8, 4) is 5.75 Å². The molecule has 1 N–H and O–H groups in total. The van der Waals surface area contributed by atoms with Crippen molar-refractivity contribution in [3.63, 3.8) is 0 Å². The van der Waals surface area contributed by atoms with E-state index in [0.29, 0.717) is 11.6 Å². The predicted molar refractivity (Wildman–Crippen MR) is 136 cm³/mol. The number of ether oxygens (including phenoxy) is 1. The zero-order valence-electron chi connectivity index (χ0n) is 19.2. The van der Waals surface area contributed by atoms with Gasteiger partial charge in [-0.2, -0.15) is 0 Å². The molecule has 180 valence electrons. The molecule has 1 aromatic heterocycles. The van der Waals surface area contributed by atoms with Crippen LogP contribution in [-0.4, -0.2) is 83.8 Å². The Morgan fingerprint density at radius 1 is 1.15 bits per heavy atom. The van der Waals surface area contributed by atoms with Gasteiger partial charge in [0.25, 0.3) is 0 Å². The minimum Gasteiger partial charge on any atom is -0.491 e. The third kappa shape index (κ3) is 5.21. The number of aryl methyl sites for hydroxylation is 1. The van der Waals surface area contributed by atoms with Gasteiger partial charge in [-0.3, -0.25) is 14.6 Å². The van der Waals surface area contributed by atoms with Crippen LogP contribution in [-0.2, 0) is 4.79 Å². The van der Waals surface area contributed by atoms with Gasteiger partial charge in [-0.25, -0.2) is 4.98 Å². The number of aromatic nitrogens is 1. The van der Waals surface area contributed by atoms with E-state index >= 15 is 0 Å². The van der Waals surface area contributed by atoms with Gasteiger partial charge in [-0.05, 0) is 49.7 Å². The summed E-state index contributed by atoms with van der Waals surface area (Å²) >= 11 is 7.65. The molecule has 34 heavy (non-hydrogen) atoms. The maximum Gasteiger partial charge on any atom is 0.244 e. The SMILES string of the molecule is Cc1nc2cc(OC[C@H](O)CN3CCN(C4CCN(c5ccc(Cl)cc5)C4=O)CC3)ccc2s1. The van der Waals surface area contributed by atoms with E-state index < -0.39 is 6.10 Å². The van der Waals surface area contributed by atoms with Crippen LogP contribution in [0.3, 0.4) is 0 Å². The van der Waals surface area contributed by atoms with E-state index in [1.54, 1.807) is 11.3 Å². The third-order valence-electron chi connectivity index (χ3n) is 6.54. The molecule has 2 atom stereocenters. The Bertz CT molecular complexity index is 1150. The fourth-order valence-corrected chi connectivity index (χ4v) is 5.73. The van der Waals surface area contributed by atoms with Crippen molar-refractivity contribution in [1.29, 1.82) is 0 Å². The standard InChI is InChI=1S/C25H29ClN4O3S/c1-17-27-22-14-21(6-7-24(22)34-17)33-16-20(31)15-28-10-12-29(13-11-28)23-8-9-30(25(23)32)19-4-2-18(26)3-5-19/h2-7,14,20,23,31H,8-13,15-16H2,1H3/t20-,23?/m1/s1. The Morgan fingerprint density at radius 3 is 2.68 bits per heavy atom. The number of fused-ring (bicyclic) bond motifs is 1. The Labute approximate surface area is 208 Å². The third-order valence-corrected chi connectivity index (χ3v) is 7.74. The molecule has 1 amide bonds. The summed E-state index contributed by atoms with van der Waals surface area (Å²) < 4.78 is 6.96. The van der Waals surface area contributed by atoms with Crippen LogP contribution < -0.4 is 9.64 Å². The molecule has 2 aromatic carbocycles. The van der Waals surface area contributed by atoms with Crippen LogP contribution in [0.2, 0.25) is 5.02 Å². The Kier molecular flexibility index (Phi) is 7.04. The molecular weight excluding hydrogens is 472 g/mol. The highest BCUT2D eigenvalue weighted by Gasteiger charge is 2.37. The van der Waals surface area contributed by atoms with Gasteiger partial charge in [-0.15, -0.1) is 11.3 Å². The molecule has 9 heteroatoms. The van der Waals surface area contributed by atoms with E-state index in [-0.39, 0.29) is 18.6 Å². The molecule has 0 spiro atoms. The van der Waals surface area contributed by atoms with Crippen molar-refractivity contribution in [2.24, 2.45) is 0 Å². The highest BCUT2D eigenvalue weighted by Crippen LogP contribution is 2.27. The second kappa shape index (κ2) is 10.2. The lowest BCUT2D eigenvalue weighted by molar-refractivity contribution is -0.122. The lowest BCUT2D eigenvalue weighted by Crippen LogP contribution is -2.54. The molecular formula is C25H29ClN4O3S. The molecule has 0 radical (unpaired) electrons. The maximum absolute atomic E-state index is 13.0. The summed E-state index contributed by atoms with van der Waals surface area (Å²) in [6.07, 6.45) is 0.258. The van der Waals surface area contributed by atoms with E-state index in [4.69, 9.17) is 16.3 Å². The largest absolute Gasteiger partial charge is 0.491 e. The quantitative estimate of drug-likeness (QED) is 0.536. The van der Waals surface area contributed by atoms with Gasteiger partial charge in [0.05, 0.1) is 21.3 Å². The first-order valence-corrected chi connectivity index (χ1v) is 12.9. The van der Waals surface area contributed by atoms with Gasteiger partial charge < -0.3 is 14.7 Å². The first kappa shape index (κ1) is 23.5. The van der Waals surface area contributed by atoms with Crippen molar-refractivity contribution in [3.05, 3.63) is 52.5 Å². The molecule has 2 saturated heterocycles. The smallest absolute Gasteiger partial charge is 0.244 e. The van der Waals surface area contributed by atoms with Crippen LogP contribution in [0.5, 0.6) is 5.75 Å². The number of aliphatic hydroxyl groups is 1. The van der Waals surface area contributed by atoms with Gasteiger partial charge in [-0.1, -0.05) is 11.6 Å². The first-order chi connectivity index (χ1) is 16.5. The van der Waals surface area contributed by atoms with Crippen LogP contribution in [0.15, 0.2) is 42.5 Å². The number of carbonyl (C=O) groups is 1. The molecule has 0 aliphatic carbocycles. The fraction of sp³-hybridized carbons (Fsp3) is 0.440. The number of benzene rings is 2. The van der Waals surface area contributed by atoms with Gasteiger partial charge in [0.15, 0.2) is 0 Å². The Hall–Kier alpha value is -2.23. The fourth-order valence-electron chi connectivity index (χ4n) is 4.79. The number of carbonyl (C=O) groups excluding carboxylic acids is 1. The van der Waals surface area contributed by atoms with Gasteiger partial charge in [0.2, 0.25) is 5.91 Å². The van der Waals surface area contributed by atoms with E-state index in [1.807, 2.05) is 54.3 Å². The minimum atomic E-state index is -0.576. The number of aliphatic hydroxyl groups excluding tert-OH is 1. The predicted octanol–water partition coefficient (Wildman–Crippen LogP) is 3.42. The Morgan fingerprint density at radius 2 is 1.91 bits per heavy atom. The number of halogens is 1. The average Bonchev–Trinajstić information content (AvgIpc) is 3.40. The van der Waals surface area contributed by atoms with Crippen LogP contribution in [0.1, 0.15) is 11.4 Å². The number of rotatable bonds is 7. The van der Waals surface area contributed by atoms with E-state index in [2.05, 4.69) is 14.8 Å². The van der Waals surface area contributed by atoms with Crippen molar-refractivity contribution < 1.29 is 14.6 Å². The number of amides is 1. The summed E-state index contributed by atoms with van der Waals surface area (Å²) in [6.45, 7) is 6.81. The molecule has 7 nitrogen and oxygen atoms in total. The summed E-state index contributed by atoms with van der Waals surface area (Å²) in [7, 11) is 0. The molecule has 1 unspecified atom stereocenters. The van der Waals surface area contributed by atoms with Crippen molar-refractivity contribution in [2.75, 3.05) is 50.8 Å². The molecule has 2 aliphatic heterocycles. The molecule has 3 aromatic rings. The van der Waals surface area contributed by atoms with Gasteiger partial charge >= 0.3 is 0 Å². The number of hydrogen-bond donors (Lipinski definition) is 1. The van der Waals surface area contributed by atoms with Gasteiger partial charge in [0.1, 0.15) is 18.5 Å². The van der Waals surface area contributed by atoms with E-state index in [1.165, 1.54) is 0 Å². The normalized spacial score (nSPS) is 20.9. The number of hydrogen-bond acceptors (Lipinski definition) is 7. The average molecular weight is 501 g/mol. The number of anilines is 1. The lowest BCUT2D eigenvalue weighted by Gasteiger charge is -2.37. The topological polar surface area (TPSA) is 69.1 Å². The van der Waals surface area contributed by atoms with Crippen molar-refractivity contribution in [1.82, 2.24) is 14.8 Å². The van der Waals surface area contributed by atoms with Crippen LogP contribution >= 0.6 is 22.9 Å². The lowest BCUT2D eigenvalue weighted by atomic mass is 10.1. The highest BCUT2D eigenvalue weighted by atomic mass is 35.5. The maximum atomic E-state index is 13.0. The summed E-state index contributed by atoms with van der Waals surface area (Å²) in [4.78, 5) is 23.9. The highest BCUT2D eigenvalue weighted by molar-refractivity contribution is 7.18. The van der Waals surface area contributed by atoms with Crippen LogP contribution in [0, 0.1) is 6.92 Å². The van der Waals surface area contributed by atoms with Gasteiger partial charge in [0, 0.05) is 56.0 Å². The number of nitrogens with zero attached hydrogens (tertiary/aromatic N) is 4. The summed E-state index contributed by atoms with van der Waals surface area (Å²) in [5.41, 5.74) is 1.84. The van der Waals surface area contributed by atoms with Crippen LogP contribution in [0.4, 0.5) is 5.69 Å². The summed E-state index contributed by atoms with van der Waals surface area (Å²) in [5.74, 6) is 0.892. The van der Waals surface area contributed by atoms with E-state index in [9.17, 15) is 9.90 Å². The van der Waals surface area contributed by atoms with Crippen LogP contribution in [0.25, 0.3) is 10.2 Å². The first-order valence-electron chi connectivity index (χ1n) is 11.7. The molecule has 3 heterocycles. The zero-order valence-corrected chi connectivity index (χ0v) is 20.8. The number of thiazole rings is 1. The number of β-amino-alcohol motifs (C(OH)–C–C–N with tert-alkyl or cyclic N) is 1. The molecule has 2 aliphatic rings. The van der Waals surface area contributed by atoms with Crippen molar-refractivity contribution in [2.45, 2.75) is 25.5 Å². The summed E-state index contributed by atoms with van der Waals surface area (Å²) in [6, 6.07) is 13.2.